The molecule has 3 heterocycles. The lowest BCUT2D eigenvalue weighted by atomic mass is 9.82. The van der Waals surface area contributed by atoms with Crippen LogP contribution in [-0.2, 0) is 66.6 Å². The van der Waals surface area contributed by atoms with Crippen LogP contribution in [0.5, 0.6) is 0 Å². The van der Waals surface area contributed by atoms with Gasteiger partial charge in [0.2, 0.25) is 0 Å². The smallest absolute Gasteiger partial charge is 0.309 e. The van der Waals surface area contributed by atoms with Gasteiger partial charge in [0.1, 0.15) is 36.3 Å². The van der Waals surface area contributed by atoms with Crippen LogP contribution >= 0.6 is 0 Å². The van der Waals surface area contributed by atoms with Gasteiger partial charge in [0.25, 0.3) is 0 Å². The van der Waals surface area contributed by atoms with Crippen molar-refractivity contribution in [3.05, 3.63) is 24.3 Å². The van der Waals surface area contributed by atoms with Gasteiger partial charge in [-0.1, -0.05) is 38.2 Å². The molecule has 0 amide bonds. The molecule has 0 bridgehead atoms. The number of cyclic esters (lactones) is 1. The van der Waals surface area contributed by atoms with Crippen LogP contribution < -0.4 is 0 Å². The lowest BCUT2D eigenvalue weighted by Crippen LogP contribution is -2.66. The van der Waals surface area contributed by atoms with Gasteiger partial charge in [0.15, 0.2) is 24.8 Å². The Hall–Kier alpha value is -3.29. The van der Waals surface area contributed by atoms with E-state index >= 15 is 0 Å². The Morgan fingerprint density at radius 2 is 1.63 bits per heavy atom. The first-order chi connectivity index (χ1) is 28.2. The van der Waals surface area contributed by atoms with E-state index in [-0.39, 0.29) is 25.7 Å². The van der Waals surface area contributed by atoms with Crippen LogP contribution in [-0.4, -0.2) is 152 Å². The summed E-state index contributed by atoms with van der Waals surface area (Å²) in [6, 6.07) is -0.775. The lowest BCUT2D eigenvalue weighted by molar-refractivity contribution is -0.345. The number of rotatable bonds is 13. The van der Waals surface area contributed by atoms with Crippen molar-refractivity contribution in [2.45, 2.75) is 186 Å². The summed E-state index contributed by atoms with van der Waals surface area (Å²) >= 11 is 0. The molecule has 3 aliphatic heterocycles. The van der Waals surface area contributed by atoms with Crippen LogP contribution in [0.1, 0.15) is 100 Å². The van der Waals surface area contributed by atoms with Crippen molar-refractivity contribution in [3.8, 4) is 0 Å². The van der Waals surface area contributed by atoms with Gasteiger partial charge in [-0.15, -0.1) is 0 Å². The highest BCUT2D eigenvalue weighted by Crippen LogP contribution is 2.38. The monoisotopic (exact) mass is 855 g/mol. The van der Waals surface area contributed by atoms with Crippen molar-refractivity contribution < 1.29 is 76.8 Å². The predicted molar refractivity (Wildman–Crippen MR) is 215 cm³/mol. The molecule has 2 N–H and O–H groups in total. The van der Waals surface area contributed by atoms with E-state index in [1.807, 2.05) is 13.8 Å². The molecule has 17 nitrogen and oxygen atoms in total. The van der Waals surface area contributed by atoms with Crippen molar-refractivity contribution in [2.24, 2.45) is 11.8 Å². The average Bonchev–Trinajstić information content (AvgIpc) is 3.13. The second-order valence-corrected chi connectivity index (χ2v) is 16.7. The van der Waals surface area contributed by atoms with Crippen LogP contribution in [0.25, 0.3) is 0 Å². The summed E-state index contributed by atoms with van der Waals surface area (Å²) in [7, 11) is 4.86. The molecule has 2 fully saturated rings. The first kappa shape index (κ1) is 51.1. The number of esters is 4. The molecule has 16 atom stereocenters. The minimum atomic E-state index is -1.52. The molecule has 0 saturated carbocycles. The van der Waals surface area contributed by atoms with Crippen molar-refractivity contribution in [2.75, 3.05) is 21.2 Å². The number of aliphatic hydroxyl groups is 2. The molecule has 2 saturated heterocycles. The number of aliphatic hydroxyl groups excluding tert-OH is 1. The molecule has 0 radical (unpaired) electrons. The maximum Gasteiger partial charge on any atom is 0.309 e. The molecule has 0 aromatic rings. The third kappa shape index (κ3) is 14.7. The van der Waals surface area contributed by atoms with E-state index in [0.29, 0.717) is 19.1 Å². The molecule has 342 valence electrons. The molecule has 3 rings (SSSR count). The van der Waals surface area contributed by atoms with Gasteiger partial charge in [-0.3, -0.25) is 19.2 Å². The highest BCUT2D eigenvalue weighted by atomic mass is 16.7. The van der Waals surface area contributed by atoms with Gasteiger partial charge in [-0.25, -0.2) is 0 Å². The zero-order chi connectivity index (χ0) is 44.9. The maximum atomic E-state index is 13.3. The average molecular weight is 856 g/mol. The summed E-state index contributed by atoms with van der Waals surface area (Å²) in [4.78, 5) is 65.3. The Bertz CT molecular complexity index is 1470. The lowest BCUT2D eigenvalue weighted by Gasteiger charge is -2.51. The second-order valence-electron chi connectivity index (χ2n) is 16.7. The number of ether oxygens (including phenoxy) is 9. The van der Waals surface area contributed by atoms with Crippen molar-refractivity contribution >= 4 is 30.2 Å². The zero-order valence-electron chi connectivity index (χ0n) is 37.1. The summed E-state index contributed by atoms with van der Waals surface area (Å²) in [6.07, 6.45) is -3.74. The van der Waals surface area contributed by atoms with Gasteiger partial charge in [-0.2, -0.15) is 0 Å². The highest BCUT2D eigenvalue weighted by Gasteiger charge is 2.54. The summed E-state index contributed by atoms with van der Waals surface area (Å²) in [5, 5.41) is 22.6. The van der Waals surface area contributed by atoms with Crippen molar-refractivity contribution in [1.82, 2.24) is 4.90 Å². The van der Waals surface area contributed by atoms with Gasteiger partial charge in [0.05, 0.1) is 36.9 Å². The molecule has 3 aliphatic rings. The molecule has 0 aliphatic carbocycles. The van der Waals surface area contributed by atoms with E-state index in [1.165, 1.54) is 21.0 Å². The number of allylic oxidation sites excluding steroid dienone is 2. The SMILES string of the molecule is CCCC(=O)O[C@@H]1[C@@H](C)OC(O[C@@H]2[C@@H](N(C)C)[C@H](OC(C)=O)[C@@H](O[C@@H]3[C@H](CC=O)C[C@H](C)[C@H](O)/C=C/C=C/C[C@H](C)OC(=O)C[C@H](OC(C)=O)[C@H]3OC)O[C@H]2C)C[C@]1(C)O. The van der Waals surface area contributed by atoms with E-state index in [9.17, 15) is 34.2 Å². The normalized spacial score (nSPS) is 39.5. The Balaban J connectivity index is 2.09. The molecule has 60 heavy (non-hydrogen) atoms. The number of methoxy groups -OCH3 is 1. The molecule has 0 spiro atoms. The quantitative estimate of drug-likeness (QED) is 0.155. The maximum absolute atomic E-state index is 13.3. The van der Waals surface area contributed by atoms with Gasteiger partial charge >= 0.3 is 23.9 Å². The Kier molecular flexibility index (Phi) is 20.3. The van der Waals surface area contributed by atoms with Gasteiger partial charge < -0.3 is 62.5 Å². The van der Waals surface area contributed by atoms with Gasteiger partial charge in [0, 0.05) is 46.6 Å². The van der Waals surface area contributed by atoms with Crippen LogP contribution in [0.15, 0.2) is 24.3 Å². The van der Waals surface area contributed by atoms with Crippen LogP contribution in [0.4, 0.5) is 0 Å². The molecule has 0 aromatic heterocycles. The summed E-state index contributed by atoms with van der Waals surface area (Å²) in [5.41, 5.74) is -1.52. The minimum absolute atomic E-state index is 0.0673. The summed E-state index contributed by atoms with van der Waals surface area (Å²) in [6.45, 7) is 12.8. The topological polar surface area (TPSA) is 212 Å². The largest absolute Gasteiger partial charge is 0.462 e. The van der Waals surface area contributed by atoms with Crippen LogP contribution in [0.2, 0.25) is 0 Å². The molecular weight excluding hydrogens is 786 g/mol. The summed E-state index contributed by atoms with van der Waals surface area (Å²) in [5.74, 6) is -3.66. The number of likely N-dealkylation sites (N-methyl/N-ethyl adjacent to an activating group) is 1. The van der Waals surface area contributed by atoms with Crippen LogP contribution in [0, 0.1) is 11.8 Å². The number of nitrogens with zero attached hydrogens (tertiary/aromatic N) is 1. The third-order valence-corrected chi connectivity index (χ3v) is 11.1. The summed E-state index contributed by atoms with van der Waals surface area (Å²) < 4.78 is 55.0. The number of carbonyl (C=O) groups excluding carboxylic acids is 5. The first-order valence-corrected chi connectivity index (χ1v) is 20.9. The van der Waals surface area contributed by atoms with Crippen LogP contribution in [0.3, 0.4) is 0 Å². The predicted octanol–water partition coefficient (Wildman–Crippen LogP) is 3.34. The van der Waals surface area contributed by atoms with Crippen molar-refractivity contribution in [1.29, 1.82) is 0 Å². The Morgan fingerprint density at radius 3 is 2.22 bits per heavy atom. The molecule has 1 unspecified atom stereocenters. The van der Waals surface area contributed by atoms with Crippen molar-refractivity contribution in [3.63, 3.8) is 0 Å². The minimum Gasteiger partial charge on any atom is -0.462 e. The Morgan fingerprint density at radius 1 is 0.950 bits per heavy atom. The van der Waals surface area contributed by atoms with E-state index < -0.39 is 127 Å². The van der Waals surface area contributed by atoms with E-state index in [4.69, 9.17) is 42.6 Å². The fourth-order valence-electron chi connectivity index (χ4n) is 8.25. The first-order valence-electron chi connectivity index (χ1n) is 20.9. The molecular formula is C43H69NO16. The fraction of sp³-hybridized carbons (Fsp3) is 0.791. The van der Waals surface area contributed by atoms with E-state index in [1.54, 1.807) is 71.0 Å². The fourth-order valence-corrected chi connectivity index (χ4v) is 8.25. The third-order valence-electron chi connectivity index (χ3n) is 11.1. The van der Waals surface area contributed by atoms with Gasteiger partial charge in [-0.05, 0) is 66.5 Å². The number of carbonyl (C=O) groups is 5. The second kappa shape index (κ2) is 23.8. The number of hydrogen-bond acceptors (Lipinski definition) is 17. The number of aldehydes is 1. The highest BCUT2D eigenvalue weighted by molar-refractivity contribution is 5.72. The molecule has 17 heteroatoms. The standard InChI is InChI=1S/C43H69NO16/c1-12-16-33(49)58-41-27(5)54-35(23-43(41,8)51)59-37-26(4)55-42(40(57-29(7)47)36(37)44(9)10)60-38-30(19-20-45)21-24(2)31(48)18-15-13-14-17-25(3)53-34(50)22-32(39(38)52-11)56-28(6)46/h13-15,18,20,24-27,30-32,35-42,48,51H,12,16-17,19,21-23H2,1-11H3/b14-13+,18-15+/t24-,25-,26-,27+,30+,31+,32-,35?,36+,37-,38+,39+,40-,41+,42+,43-/m0/s1. The Labute approximate surface area is 354 Å². The zero-order valence-corrected chi connectivity index (χ0v) is 37.1. The van der Waals surface area contributed by atoms with E-state index in [0.717, 1.165) is 0 Å². The van der Waals surface area contributed by atoms with E-state index in [2.05, 4.69) is 0 Å². The molecule has 0 aromatic carbocycles. The number of hydrogen-bond donors (Lipinski definition) is 2.